The van der Waals surface area contributed by atoms with Crippen LogP contribution in [0, 0.1) is 5.41 Å². The first kappa shape index (κ1) is 21.1. The van der Waals surface area contributed by atoms with Gasteiger partial charge in [-0.3, -0.25) is 14.7 Å². The first-order valence-corrected chi connectivity index (χ1v) is 11.2. The van der Waals surface area contributed by atoms with E-state index in [4.69, 9.17) is 4.74 Å². The number of fused-ring (bicyclic) bond motifs is 1. The van der Waals surface area contributed by atoms with E-state index in [9.17, 15) is 9.59 Å². The first-order chi connectivity index (χ1) is 15.9. The van der Waals surface area contributed by atoms with Gasteiger partial charge < -0.3 is 10.1 Å². The van der Waals surface area contributed by atoms with Gasteiger partial charge in [0.25, 0.3) is 5.56 Å². The fourth-order valence-corrected chi connectivity index (χ4v) is 4.89. The lowest BCUT2D eigenvalue weighted by Gasteiger charge is -2.37. The van der Waals surface area contributed by atoms with Gasteiger partial charge in [-0.1, -0.05) is 56.8 Å². The topological polar surface area (TPSA) is 76.1 Å². The third kappa shape index (κ3) is 3.71. The van der Waals surface area contributed by atoms with E-state index in [0.29, 0.717) is 35.7 Å². The number of benzene rings is 2. The van der Waals surface area contributed by atoms with Gasteiger partial charge in [0.15, 0.2) is 5.78 Å². The van der Waals surface area contributed by atoms with Crippen molar-refractivity contribution in [3.63, 3.8) is 0 Å². The van der Waals surface area contributed by atoms with Gasteiger partial charge in [-0.25, -0.2) is 4.68 Å². The Morgan fingerprint density at radius 3 is 2.52 bits per heavy atom. The average molecular weight is 442 g/mol. The van der Waals surface area contributed by atoms with Crippen LogP contribution in [0.3, 0.4) is 0 Å². The summed E-state index contributed by atoms with van der Waals surface area (Å²) < 4.78 is 7.17. The number of nitrogens with one attached hydrogen (secondary N) is 2. The molecule has 1 atom stereocenters. The van der Waals surface area contributed by atoms with Crippen LogP contribution in [0.2, 0.25) is 0 Å². The number of H-pyrrole nitrogens is 1. The highest BCUT2D eigenvalue weighted by atomic mass is 16.5. The maximum absolute atomic E-state index is 13.6. The maximum Gasteiger partial charge on any atom is 0.277 e. The van der Waals surface area contributed by atoms with Crippen molar-refractivity contribution in [1.29, 1.82) is 0 Å². The SMILES string of the molecule is C=CCOc1ccc([C@H]2C3=C(CC(C)(C)CC3=O)Nc3[nH]n(-c4ccccc4)c(=O)c32)cc1. The van der Waals surface area contributed by atoms with Gasteiger partial charge in [-0.05, 0) is 41.7 Å². The third-order valence-electron chi connectivity index (χ3n) is 6.30. The molecule has 2 heterocycles. The van der Waals surface area contributed by atoms with E-state index < -0.39 is 5.92 Å². The molecule has 0 saturated heterocycles. The van der Waals surface area contributed by atoms with Crippen LogP contribution < -0.4 is 15.6 Å². The summed E-state index contributed by atoms with van der Waals surface area (Å²) >= 11 is 0. The molecule has 1 aliphatic heterocycles. The van der Waals surface area contributed by atoms with Crippen LogP contribution in [0.15, 0.2) is 83.3 Å². The van der Waals surface area contributed by atoms with Crippen LogP contribution in [0.5, 0.6) is 5.75 Å². The van der Waals surface area contributed by atoms with Crippen molar-refractivity contribution in [2.75, 3.05) is 11.9 Å². The Morgan fingerprint density at radius 2 is 1.82 bits per heavy atom. The second-order valence-electron chi connectivity index (χ2n) is 9.44. The minimum atomic E-state index is -0.443. The Morgan fingerprint density at radius 1 is 1.09 bits per heavy atom. The minimum Gasteiger partial charge on any atom is -0.490 e. The minimum absolute atomic E-state index is 0.0863. The maximum atomic E-state index is 13.6. The summed E-state index contributed by atoms with van der Waals surface area (Å²) in [7, 11) is 0. The number of nitrogens with zero attached hydrogens (tertiary/aromatic N) is 1. The van der Waals surface area contributed by atoms with E-state index in [2.05, 4.69) is 30.8 Å². The lowest BCUT2D eigenvalue weighted by Crippen LogP contribution is -2.35. The summed E-state index contributed by atoms with van der Waals surface area (Å²) in [5.74, 6) is 1.00. The van der Waals surface area contributed by atoms with Gasteiger partial charge in [0, 0.05) is 23.6 Å². The number of carbonyl (C=O) groups is 1. The molecular weight excluding hydrogens is 414 g/mol. The molecule has 2 N–H and O–H groups in total. The molecule has 0 saturated carbocycles. The lowest BCUT2D eigenvalue weighted by molar-refractivity contribution is -0.118. The van der Waals surface area contributed by atoms with Gasteiger partial charge in [0.2, 0.25) is 0 Å². The molecular formula is C27H27N3O3. The first-order valence-electron chi connectivity index (χ1n) is 11.2. The second-order valence-corrected chi connectivity index (χ2v) is 9.44. The number of hydrogen-bond acceptors (Lipinski definition) is 4. The van der Waals surface area contributed by atoms with Gasteiger partial charge in [0.1, 0.15) is 18.2 Å². The van der Waals surface area contributed by atoms with Crippen molar-refractivity contribution >= 4 is 11.6 Å². The number of rotatable bonds is 5. The van der Waals surface area contributed by atoms with Gasteiger partial charge in [0.05, 0.1) is 11.3 Å². The van der Waals surface area contributed by atoms with Gasteiger partial charge in [-0.2, -0.15) is 0 Å². The predicted molar refractivity (Wildman–Crippen MR) is 129 cm³/mol. The summed E-state index contributed by atoms with van der Waals surface area (Å²) in [6, 6.07) is 17.1. The Kier molecular flexibility index (Phi) is 5.08. The molecule has 0 spiro atoms. The number of allylic oxidation sites excluding steroid dienone is 2. The van der Waals surface area contributed by atoms with Crippen LogP contribution in [0.1, 0.15) is 43.7 Å². The van der Waals surface area contributed by atoms with Crippen LogP contribution in [-0.4, -0.2) is 22.2 Å². The molecule has 168 valence electrons. The van der Waals surface area contributed by atoms with E-state index >= 15 is 0 Å². The molecule has 0 fully saturated rings. The van der Waals surface area contributed by atoms with Gasteiger partial charge >= 0.3 is 0 Å². The summed E-state index contributed by atoms with van der Waals surface area (Å²) in [5.41, 5.74) is 3.47. The Hall–Kier alpha value is -3.80. The number of aromatic amines is 1. The van der Waals surface area contributed by atoms with Crippen LogP contribution in [0.25, 0.3) is 5.69 Å². The molecule has 33 heavy (non-hydrogen) atoms. The Labute approximate surface area is 192 Å². The summed E-state index contributed by atoms with van der Waals surface area (Å²) in [6.07, 6.45) is 2.89. The molecule has 2 aromatic carbocycles. The number of hydrogen-bond donors (Lipinski definition) is 2. The molecule has 0 radical (unpaired) electrons. The van der Waals surface area contributed by atoms with Crippen molar-refractivity contribution in [2.45, 2.75) is 32.6 Å². The summed E-state index contributed by atoms with van der Waals surface area (Å²) in [5, 5.41) is 6.65. The number of para-hydroxylation sites is 1. The van der Waals surface area contributed by atoms with Crippen LogP contribution in [0.4, 0.5) is 5.82 Å². The van der Waals surface area contributed by atoms with Gasteiger partial charge in [-0.15, -0.1) is 0 Å². The number of carbonyl (C=O) groups excluding carboxylic acids is 1. The highest BCUT2D eigenvalue weighted by Crippen LogP contribution is 2.47. The predicted octanol–water partition coefficient (Wildman–Crippen LogP) is 4.93. The van der Waals surface area contributed by atoms with Crippen molar-refractivity contribution in [3.8, 4) is 11.4 Å². The lowest BCUT2D eigenvalue weighted by atomic mass is 9.69. The van der Waals surface area contributed by atoms with Crippen LogP contribution in [-0.2, 0) is 4.79 Å². The molecule has 1 aliphatic carbocycles. The fourth-order valence-electron chi connectivity index (χ4n) is 4.89. The number of aromatic nitrogens is 2. The highest BCUT2D eigenvalue weighted by molar-refractivity contribution is 6.01. The molecule has 0 amide bonds. The zero-order chi connectivity index (χ0) is 23.2. The summed E-state index contributed by atoms with van der Waals surface area (Å²) in [6.45, 7) is 8.30. The van der Waals surface area contributed by atoms with Crippen molar-refractivity contribution in [2.24, 2.45) is 5.41 Å². The zero-order valence-corrected chi connectivity index (χ0v) is 18.9. The number of anilines is 1. The standard InChI is InChI=1S/C27H27N3O3/c1-4-14-33-19-12-10-17(11-13-19)22-23-20(15-27(2,3)16-21(23)31)28-25-24(22)26(32)30(29-25)18-8-6-5-7-9-18/h4-13,22,28-29H,1,14-16H2,2-3H3/t22-/m0/s1. The van der Waals surface area contributed by atoms with Crippen molar-refractivity contribution in [1.82, 2.24) is 9.78 Å². The van der Waals surface area contributed by atoms with Crippen LogP contribution >= 0.6 is 0 Å². The molecule has 3 aromatic rings. The summed E-state index contributed by atoms with van der Waals surface area (Å²) in [4.78, 5) is 27.0. The second kappa shape index (κ2) is 7.96. The number of ether oxygens (including phenoxy) is 1. The Balaban J connectivity index is 1.67. The largest absolute Gasteiger partial charge is 0.490 e. The smallest absolute Gasteiger partial charge is 0.277 e. The third-order valence-corrected chi connectivity index (χ3v) is 6.30. The average Bonchev–Trinajstić information content (AvgIpc) is 3.12. The molecule has 0 bridgehead atoms. The van der Waals surface area contributed by atoms with E-state index in [1.54, 1.807) is 10.8 Å². The Bertz CT molecular complexity index is 1310. The molecule has 6 nitrogen and oxygen atoms in total. The normalized spacial score (nSPS) is 18.8. The monoisotopic (exact) mass is 441 g/mol. The fraction of sp³-hybridized carbons (Fsp3) is 0.259. The van der Waals surface area contributed by atoms with Crippen molar-refractivity contribution < 1.29 is 9.53 Å². The molecule has 0 unspecified atom stereocenters. The number of ketones is 1. The highest BCUT2D eigenvalue weighted by Gasteiger charge is 2.42. The van der Waals surface area contributed by atoms with E-state index in [0.717, 1.165) is 23.4 Å². The van der Waals surface area contributed by atoms with E-state index in [-0.39, 0.29) is 16.8 Å². The molecule has 6 heteroatoms. The molecule has 5 rings (SSSR count). The van der Waals surface area contributed by atoms with E-state index in [1.165, 1.54) is 0 Å². The molecule has 1 aromatic heterocycles. The zero-order valence-electron chi connectivity index (χ0n) is 18.9. The number of Topliss-reactive ketones (excluding diaryl/α,β-unsaturated/α-hetero) is 1. The molecule has 2 aliphatic rings. The quantitative estimate of drug-likeness (QED) is 0.551. The van der Waals surface area contributed by atoms with E-state index in [1.807, 2.05) is 54.6 Å². The van der Waals surface area contributed by atoms with Crippen molar-refractivity contribution in [3.05, 3.63) is 100 Å².